The number of hydrogen-bond acceptors (Lipinski definition) is 4. The van der Waals surface area contributed by atoms with Gasteiger partial charge in [0.15, 0.2) is 0 Å². The van der Waals surface area contributed by atoms with E-state index in [1.165, 1.54) is 19.2 Å². The molecule has 0 spiro atoms. The maximum atomic E-state index is 11.6. The number of benzene rings is 1. The highest BCUT2D eigenvalue weighted by molar-refractivity contribution is 7.89. The van der Waals surface area contributed by atoms with Gasteiger partial charge in [-0.1, -0.05) is 0 Å². The molecule has 5 nitrogen and oxygen atoms in total. The van der Waals surface area contributed by atoms with Crippen LogP contribution in [-0.2, 0) is 10.0 Å². The maximum absolute atomic E-state index is 11.6. The second-order valence-electron chi connectivity index (χ2n) is 3.11. The van der Waals surface area contributed by atoms with Crippen LogP contribution < -0.4 is 9.46 Å². The van der Waals surface area contributed by atoms with Crippen LogP contribution in [-0.4, -0.2) is 22.1 Å². The lowest BCUT2D eigenvalue weighted by molar-refractivity contribution is 0.411. The molecule has 0 aliphatic rings. The van der Waals surface area contributed by atoms with Crippen molar-refractivity contribution in [2.45, 2.75) is 11.8 Å². The number of methoxy groups -OCH3 is 1. The van der Waals surface area contributed by atoms with E-state index in [1.54, 1.807) is 19.1 Å². The summed E-state index contributed by atoms with van der Waals surface area (Å²) in [6.07, 6.45) is 0. The highest BCUT2D eigenvalue weighted by Gasteiger charge is 2.14. The van der Waals surface area contributed by atoms with Crippen LogP contribution in [0.2, 0.25) is 0 Å². The molecule has 0 bridgehead atoms. The molecule has 0 saturated carbocycles. The van der Waals surface area contributed by atoms with Crippen molar-refractivity contribution >= 4 is 10.0 Å². The van der Waals surface area contributed by atoms with Gasteiger partial charge < -0.3 is 4.74 Å². The molecule has 86 valence electrons. The van der Waals surface area contributed by atoms with Gasteiger partial charge in [-0.15, -0.1) is 0 Å². The summed E-state index contributed by atoms with van der Waals surface area (Å²) in [6.45, 7) is 1.51. The van der Waals surface area contributed by atoms with Crippen LogP contribution >= 0.6 is 0 Å². The molecule has 1 aromatic carbocycles. The first-order chi connectivity index (χ1) is 7.51. The van der Waals surface area contributed by atoms with Crippen LogP contribution in [0.5, 0.6) is 5.75 Å². The molecule has 1 rings (SSSR count). The van der Waals surface area contributed by atoms with Crippen molar-refractivity contribution in [3.05, 3.63) is 23.8 Å². The fourth-order valence-electron chi connectivity index (χ4n) is 1.23. The van der Waals surface area contributed by atoms with Gasteiger partial charge in [0.1, 0.15) is 5.75 Å². The number of nitrogens with one attached hydrogen (secondary N) is 1. The molecule has 0 saturated heterocycles. The Bertz CT molecular complexity index is 517. The van der Waals surface area contributed by atoms with Gasteiger partial charge in [-0.05, 0) is 30.7 Å². The standard InChI is InChI=1S/C10H12N2O3S/c1-8-7-9(3-4-10(8)15-2)16(13,14)12-6-5-11/h3-4,7,12H,6H2,1-2H3. The SMILES string of the molecule is COc1ccc(S(=O)(=O)NCC#N)cc1C. The molecule has 6 heteroatoms. The van der Waals surface area contributed by atoms with E-state index in [9.17, 15) is 8.42 Å². The van der Waals surface area contributed by atoms with Crippen molar-refractivity contribution in [1.82, 2.24) is 4.72 Å². The van der Waals surface area contributed by atoms with E-state index in [4.69, 9.17) is 10.00 Å². The molecule has 0 atom stereocenters. The molecule has 16 heavy (non-hydrogen) atoms. The van der Waals surface area contributed by atoms with E-state index in [0.29, 0.717) is 5.75 Å². The number of ether oxygens (including phenoxy) is 1. The Hall–Kier alpha value is -1.58. The Kier molecular flexibility index (Phi) is 3.88. The lowest BCUT2D eigenvalue weighted by Crippen LogP contribution is -2.23. The van der Waals surface area contributed by atoms with E-state index in [0.717, 1.165) is 5.56 Å². The van der Waals surface area contributed by atoms with E-state index in [-0.39, 0.29) is 11.4 Å². The molecule has 0 aromatic heterocycles. The van der Waals surface area contributed by atoms with Crippen LogP contribution in [0.4, 0.5) is 0 Å². The van der Waals surface area contributed by atoms with Crippen LogP contribution in [0.25, 0.3) is 0 Å². The van der Waals surface area contributed by atoms with Gasteiger partial charge in [-0.2, -0.15) is 9.98 Å². The van der Waals surface area contributed by atoms with Crippen LogP contribution in [0.3, 0.4) is 0 Å². The molecular formula is C10H12N2O3S. The summed E-state index contributed by atoms with van der Waals surface area (Å²) in [5.74, 6) is 0.624. The van der Waals surface area contributed by atoms with Crippen molar-refractivity contribution in [2.75, 3.05) is 13.7 Å². The lowest BCUT2D eigenvalue weighted by Gasteiger charge is -2.07. The Morgan fingerprint density at radius 2 is 2.19 bits per heavy atom. The molecule has 1 N–H and O–H groups in total. The fraction of sp³-hybridized carbons (Fsp3) is 0.300. The van der Waals surface area contributed by atoms with Crippen molar-refractivity contribution in [3.8, 4) is 11.8 Å². The number of nitrogens with zero attached hydrogens (tertiary/aromatic N) is 1. The van der Waals surface area contributed by atoms with Crippen molar-refractivity contribution in [3.63, 3.8) is 0 Å². The summed E-state index contributed by atoms with van der Waals surface area (Å²) >= 11 is 0. The number of aryl methyl sites for hydroxylation is 1. The minimum absolute atomic E-state index is 0.126. The third kappa shape index (κ3) is 2.72. The second kappa shape index (κ2) is 4.96. The highest BCUT2D eigenvalue weighted by Crippen LogP contribution is 2.20. The van der Waals surface area contributed by atoms with Gasteiger partial charge in [0.2, 0.25) is 10.0 Å². The predicted molar refractivity (Wildman–Crippen MR) is 58.5 cm³/mol. The average molecular weight is 240 g/mol. The van der Waals surface area contributed by atoms with Crippen LogP contribution in [0.1, 0.15) is 5.56 Å². The number of hydrogen-bond donors (Lipinski definition) is 1. The third-order valence-electron chi connectivity index (χ3n) is 2.02. The summed E-state index contributed by atoms with van der Waals surface area (Å²) in [5.41, 5.74) is 0.724. The topological polar surface area (TPSA) is 79.2 Å². The first-order valence-corrected chi connectivity index (χ1v) is 6.01. The van der Waals surface area contributed by atoms with Gasteiger partial charge in [0.05, 0.1) is 24.6 Å². The summed E-state index contributed by atoms with van der Waals surface area (Å²) in [5, 5.41) is 8.32. The van der Waals surface area contributed by atoms with Gasteiger partial charge in [-0.25, -0.2) is 8.42 Å². The highest BCUT2D eigenvalue weighted by atomic mass is 32.2. The largest absolute Gasteiger partial charge is 0.496 e. The van der Waals surface area contributed by atoms with Gasteiger partial charge in [0, 0.05) is 0 Å². The van der Waals surface area contributed by atoms with Crippen molar-refractivity contribution < 1.29 is 13.2 Å². The summed E-state index contributed by atoms with van der Waals surface area (Å²) in [7, 11) is -2.08. The minimum Gasteiger partial charge on any atom is -0.496 e. The first kappa shape index (κ1) is 12.5. The van der Waals surface area contributed by atoms with E-state index in [2.05, 4.69) is 4.72 Å². The Morgan fingerprint density at radius 3 is 2.69 bits per heavy atom. The molecular weight excluding hydrogens is 228 g/mol. The molecule has 0 unspecified atom stereocenters. The lowest BCUT2D eigenvalue weighted by atomic mass is 10.2. The molecule has 0 amide bonds. The Balaban J connectivity index is 3.06. The van der Waals surface area contributed by atoms with E-state index in [1.807, 2.05) is 0 Å². The molecule has 0 heterocycles. The number of rotatable bonds is 4. The number of sulfonamides is 1. The molecule has 0 fully saturated rings. The molecule has 0 aliphatic carbocycles. The van der Waals surface area contributed by atoms with Crippen molar-refractivity contribution in [1.29, 1.82) is 5.26 Å². The third-order valence-corrected chi connectivity index (χ3v) is 3.42. The minimum atomic E-state index is -3.60. The quantitative estimate of drug-likeness (QED) is 0.790. The van der Waals surface area contributed by atoms with Gasteiger partial charge in [0.25, 0.3) is 0 Å². The molecule has 0 aliphatic heterocycles. The summed E-state index contributed by atoms with van der Waals surface area (Å²) in [6, 6.07) is 6.23. The predicted octanol–water partition coefficient (Wildman–Crippen LogP) is 0.806. The van der Waals surface area contributed by atoms with Gasteiger partial charge in [-0.3, -0.25) is 0 Å². The fourth-order valence-corrected chi connectivity index (χ4v) is 2.23. The summed E-state index contributed by atoms with van der Waals surface area (Å²) < 4.78 is 30.5. The monoisotopic (exact) mass is 240 g/mol. The molecule has 1 aromatic rings. The normalized spacial score (nSPS) is 10.8. The van der Waals surface area contributed by atoms with Crippen LogP contribution in [0.15, 0.2) is 23.1 Å². The summed E-state index contributed by atoms with van der Waals surface area (Å²) in [4.78, 5) is 0.126. The van der Waals surface area contributed by atoms with Gasteiger partial charge >= 0.3 is 0 Å². The molecule has 0 radical (unpaired) electrons. The maximum Gasteiger partial charge on any atom is 0.241 e. The Morgan fingerprint density at radius 1 is 1.50 bits per heavy atom. The van der Waals surface area contributed by atoms with E-state index < -0.39 is 10.0 Å². The number of nitriles is 1. The smallest absolute Gasteiger partial charge is 0.241 e. The Labute approximate surface area is 94.7 Å². The zero-order valence-electron chi connectivity index (χ0n) is 9.02. The first-order valence-electron chi connectivity index (χ1n) is 4.52. The van der Waals surface area contributed by atoms with Crippen molar-refractivity contribution in [2.24, 2.45) is 0 Å². The van der Waals surface area contributed by atoms with E-state index >= 15 is 0 Å². The zero-order chi connectivity index (χ0) is 12.2. The average Bonchev–Trinajstić information content (AvgIpc) is 2.26. The van der Waals surface area contributed by atoms with Crippen LogP contribution in [0, 0.1) is 18.3 Å². The second-order valence-corrected chi connectivity index (χ2v) is 4.88. The zero-order valence-corrected chi connectivity index (χ0v) is 9.84.